The van der Waals surface area contributed by atoms with E-state index in [2.05, 4.69) is 20.5 Å². The van der Waals surface area contributed by atoms with Crippen LogP contribution in [0.5, 0.6) is 0 Å². The molecule has 0 atom stereocenters. The van der Waals surface area contributed by atoms with E-state index in [1.165, 1.54) is 0 Å². The van der Waals surface area contributed by atoms with E-state index < -0.39 is 0 Å². The lowest BCUT2D eigenvalue weighted by atomic mass is 10.2. The number of fused-ring (bicyclic) bond motifs is 1. The fourth-order valence-electron chi connectivity index (χ4n) is 1.88. The van der Waals surface area contributed by atoms with E-state index in [0.717, 1.165) is 15.7 Å². The second-order valence-corrected chi connectivity index (χ2v) is 5.60. The minimum Gasteiger partial charge on any atom is -0.352 e. The van der Waals surface area contributed by atoms with Crippen LogP contribution in [0, 0.1) is 6.92 Å². The zero-order valence-electron chi connectivity index (χ0n) is 10.9. The molecule has 0 aliphatic heterocycles. The van der Waals surface area contributed by atoms with Crippen LogP contribution >= 0.6 is 11.3 Å². The van der Waals surface area contributed by atoms with Crippen LogP contribution in [0.1, 0.15) is 20.4 Å². The van der Waals surface area contributed by atoms with Crippen molar-refractivity contribution in [3.63, 3.8) is 0 Å². The first-order chi connectivity index (χ1) is 9.72. The highest BCUT2D eigenvalue weighted by Crippen LogP contribution is 2.08. The van der Waals surface area contributed by atoms with Crippen molar-refractivity contribution >= 4 is 22.9 Å². The maximum Gasteiger partial charge on any atom is 0.252 e. The molecule has 102 valence electrons. The average molecular weight is 287 g/mol. The Labute approximate surface area is 119 Å². The van der Waals surface area contributed by atoms with E-state index >= 15 is 0 Å². The summed E-state index contributed by atoms with van der Waals surface area (Å²) in [5, 5.41) is 12.7. The van der Waals surface area contributed by atoms with Crippen molar-refractivity contribution in [3.8, 4) is 0 Å². The number of rotatable bonds is 4. The van der Waals surface area contributed by atoms with Gasteiger partial charge in [0.15, 0.2) is 0 Å². The van der Waals surface area contributed by atoms with Gasteiger partial charge < -0.3 is 9.72 Å². The van der Waals surface area contributed by atoms with Crippen LogP contribution in [0.25, 0.3) is 5.65 Å². The Balaban J connectivity index is 1.61. The van der Waals surface area contributed by atoms with Crippen LogP contribution in [0.4, 0.5) is 0 Å². The van der Waals surface area contributed by atoms with Crippen LogP contribution in [0.3, 0.4) is 0 Å². The van der Waals surface area contributed by atoms with Crippen molar-refractivity contribution < 1.29 is 4.79 Å². The number of carbonyl (C=O) groups is 1. The molecule has 1 amide bonds. The summed E-state index contributed by atoms with van der Waals surface area (Å²) in [6, 6.07) is 3.59. The Morgan fingerprint density at radius 2 is 2.30 bits per heavy atom. The smallest absolute Gasteiger partial charge is 0.252 e. The lowest BCUT2D eigenvalue weighted by Gasteiger charge is -2.04. The standard InChI is InChI=1S/C13H13N5OS/c1-9-16-17-12(20-9)4-5-15-13(19)10-2-3-11-14-6-7-18(11)8-10/h2-3,6-8H,4-5H2,1H3,(H,15,19). The van der Waals surface area contributed by atoms with Crippen molar-refractivity contribution in [3.05, 3.63) is 46.3 Å². The van der Waals surface area contributed by atoms with E-state index in [0.29, 0.717) is 18.5 Å². The molecule has 0 spiro atoms. The molecule has 0 fully saturated rings. The Morgan fingerprint density at radius 1 is 1.40 bits per heavy atom. The third kappa shape index (κ3) is 2.67. The van der Waals surface area contributed by atoms with Gasteiger partial charge in [0, 0.05) is 31.6 Å². The molecule has 1 N–H and O–H groups in total. The molecular weight excluding hydrogens is 274 g/mol. The number of aromatic nitrogens is 4. The van der Waals surface area contributed by atoms with Crippen molar-refractivity contribution in [2.45, 2.75) is 13.3 Å². The normalized spacial score (nSPS) is 10.8. The molecular formula is C13H13N5OS. The monoisotopic (exact) mass is 287 g/mol. The highest BCUT2D eigenvalue weighted by Gasteiger charge is 2.07. The Hall–Kier alpha value is -2.28. The van der Waals surface area contributed by atoms with Crippen LogP contribution in [-0.2, 0) is 6.42 Å². The largest absolute Gasteiger partial charge is 0.352 e. The predicted molar refractivity (Wildman–Crippen MR) is 75.9 cm³/mol. The van der Waals surface area contributed by atoms with Crippen LogP contribution in [-0.4, -0.2) is 32.0 Å². The number of aryl methyl sites for hydroxylation is 1. The van der Waals surface area contributed by atoms with E-state index in [-0.39, 0.29) is 5.91 Å². The number of hydrogen-bond donors (Lipinski definition) is 1. The highest BCUT2D eigenvalue weighted by molar-refractivity contribution is 7.11. The van der Waals surface area contributed by atoms with Gasteiger partial charge in [0.05, 0.1) is 5.56 Å². The molecule has 6 nitrogen and oxygen atoms in total. The minimum atomic E-state index is -0.0955. The van der Waals surface area contributed by atoms with Gasteiger partial charge in [-0.15, -0.1) is 21.5 Å². The van der Waals surface area contributed by atoms with Gasteiger partial charge in [0.1, 0.15) is 15.7 Å². The molecule has 20 heavy (non-hydrogen) atoms. The molecule has 0 aromatic carbocycles. The minimum absolute atomic E-state index is 0.0955. The van der Waals surface area contributed by atoms with Crippen LogP contribution in [0.2, 0.25) is 0 Å². The second kappa shape index (κ2) is 5.38. The predicted octanol–water partition coefficient (Wildman–Crippen LogP) is 1.47. The molecule has 0 saturated heterocycles. The van der Waals surface area contributed by atoms with Gasteiger partial charge in [-0.25, -0.2) is 4.98 Å². The number of nitrogens with zero attached hydrogens (tertiary/aromatic N) is 4. The Morgan fingerprint density at radius 3 is 3.10 bits per heavy atom. The molecule has 3 aromatic heterocycles. The zero-order valence-corrected chi connectivity index (χ0v) is 11.7. The third-order valence-corrected chi connectivity index (χ3v) is 3.74. The molecule has 0 bridgehead atoms. The first-order valence-corrected chi connectivity index (χ1v) is 7.04. The molecule has 3 rings (SSSR count). The second-order valence-electron chi connectivity index (χ2n) is 4.33. The van der Waals surface area contributed by atoms with E-state index in [1.807, 2.05) is 23.6 Å². The lowest BCUT2D eigenvalue weighted by Crippen LogP contribution is -2.25. The van der Waals surface area contributed by atoms with Gasteiger partial charge in [-0.3, -0.25) is 4.79 Å². The quantitative estimate of drug-likeness (QED) is 0.788. The number of amides is 1. The van der Waals surface area contributed by atoms with Crippen molar-refractivity contribution in [2.24, 2.45) is 0 Å². The molecule has 7 heteroatoms. The zero-order chi connectivity index (χ0) is 13.9. The van der Waals surface area contributed by atoms with E-state index in [4.69, 9.17) is 0 Å². The highest BCUT2D eigenvalue weighted by atomic mass is 32.1. The number of nitrogens with one attached hydrogen (secondary N) is 1. The molecule has 0 unspecified atom stereocenters. The number of pyridine rings is 1. The SMILES string of the molecule is Cc1nnc(CCNC(=O)c2ccc3nccn3c2)s1. The molecule has 0 aliphatic rings. The molecule has 0 radical (unpaired) electrons. The molecule has 3 aromatic rings. The first kappa shape index (κ1) is 12.7. The number of carbonyl (C=O) groups excluding carboxylic acids is 1. The van der Waals surface area contributed by atoms with Gasteiger partial charge in [-0.1, -0.05) is 0 Å². The fourth-order valence-corrected chi connectivity index (χ4v) is 2.59. The number of imidazole rings is 1. The summed E-state index contributed by atoms with van der Waals surface area (Å²) in [7, 11) is 0. The lowest BCUT2D eigenvalue weighted by molar-refractivity contribution is 0.0953. The van der Waals surface area contributed by atoms with Gasteiger partial charge in [0.25, 0.3) is 5.91 Å². The topological polar surface area (TPSA) is 72.2 Å². The maximum atomic E-state index is 12.0. The van der Waals surface area contributed by atoms with Crippen LogP contribution < -0.4 is 5.32 Å². The fraction of sp³-hybridized carbons (Fsp3) is 0.231. The van der Waals surface area contributed by atoms with Gasteiger partial charge in [0.2, 0.25) is 0 Å². The summed E-state index contributed by atoms with van der Waals surface area (Å²) < 4.78 is 1.82. The van der Waals surface area contributed by atoms with Gasteiger partial charge in [-0.05, 0) is 19.1 Å². The summed E-state index contributed by atoms with van der Waals surface area (Å²) in [4.78, 5) is 16.2. The first-order valence-electron chi connectivity index (χ1n) is 6.22. The van der Waals surface area contributed by atoms with Crippen molar-refractivity contribution in [1.29, 1.82) is 0 Å². The summed E-state index contributed by atoms with van der Waals surface area (Å²) in [5.41, 5.74) is 1.44. The van der Waals surface area contributed by atoms with Gasteiger partial charge in [-0.2, -0.15) is 0 Å². The van der Waals surface area contributed by atoms with E-state index in [9.17, 15) is 4.79 Å². The Bertz CT molecular complexity index is 748. The summed E-state index contributed by atoms with van der Waals surface area (Å²) in [5.74, 6) is -0.0955. The van der Waals surface area contributed by atoms with E-state index in [1.54, 1.807) is 29.8 Å². The summed E-state index contributed by atoms with van der Waals surface area (Å²) in [6.07, 6.45) is 5.99. The van der Waals surface area contributed by atoms with Crippen molar-refractivity contribution in [1.82, 2.24) is 24.9 Å². The molecule has 0 aliphatic carbocycles. The third-order valence-electron chi connectivity index (χ3n) is 2.84. The Kier molecular flexibility index (Phi) is 3.42. The summed E-state index contributed by atoms with van der Waals surface area (Å²) in [6.45, 7) is 2.47. The maximum absolute atomic E-state index is 12.0. The van der Waals surface area contributed by atoms with Gasteiger partial charge >= 0.3 is 0 Å². The molecule has 3 heterocycles. The summed E-state index contributed by atoms with van der Waals surface area (Å²) >= 11 is 1.55. The molecule has 0 saturated carbocycles. The van der Waals surface area contributed by atoms with Crippen molar-refractivity contribution in [2.75, 3.05) is 6.54 Å². The van der Waals surface area contributed by atoms with Crippen LogP contribution in [0.15, 0.2) is 30.7 Å². The average Bonchev–Trinajstić information content (AvgIpc) is 3.06. The number of hydrogen-bond acceptors (Lipinski definition) is 5.